The van der Waals surface area contributed by atoms with Gasteiger partial charge in [0.2, 0.25) is 0 Å². The van der Waals surface area contributed by atoms with Crippen LogP contribution in [0.15, 0.2) is 5.38 Å². The summed E-state index contributed by atoms with van der Waals surface area (Å²) >= 11 is 1.76. The molecule has 19 heavy (non-hydrogen) atoms. The van der Waals surface area contributed by atoms with E-state index in [9.17, 15) is 0 Å². The Morgan fingerprint density at radius 3 is 2.95 bits per heavy atom. The van der Waals surface area contributed by atoms with Gasteiger partial charge in [0, 0.05) is 31.1 Å². The predicted octanol–water partition coefficient (Wildman–Crippen LogP) is 2.24. The van der Waals surface area contributed by atoms with Gasteiger partial charge in [0.05, 0.1) is 12.2 Å². The number of rotatable bonds is 8. The van der Waals surface area contributed by atoms with Crippen LogP contribution < -0.4 is 5.32 Å². The number of terminal acetylenes is 1. The molecule has 2 fully saturated rings. The highest BCUT2D eigenvalue weighted by Crippen LogP contribution is 2.30. The summed E-state index contributed by atoms with van der Waals surface area (Å²) in [6.45, 7) is 3.70. The molecule has 0 radical (unpaired) electrons. The summed E-state index contributed by atoms with van der Waals surface area (Å²) in [7, 11) is 0. The van der Waals surface area contributed by atoms with Gasteiger partial charge in [-0.15, -0.1) is 17.8 Å². The SMILES string of the molecule is C#CCN(Cc1csc(CNC2CC2)n1)CC1CC1. The summed E-state index contributed by atoms with van der Waals surface area (Å²) in [6, 6.07) is 0.750. The van der Waals surface area contributed by atoms with Crippen LogP contribution in [-0.4, -0.2) is 29.0 Å². The van der Waals surface area contributed by atoms with E-state index in [1.165, 1.54) is 36.4 Å². The predicted molar refractivity (Wildman–Crippen MR) is 78.8 cm³/mol. The van der Waals surface area contributed by atoms with Gasteiger partial charge in [-0.2, -0.15) is 0 Å². The lowest BCUT2D eigenvalue weighted by atomic mass is 10.3. The molecule has 0 aromatic carbocycles. The largest absolute Gasteiger partial charge is 0.308 e. The van der Waals surface area contributed by atoms with E-state index in [0.717, 1.165) is 38.1 Å². The van der Waals surface area contributed by atoms with Crippen molar-refractivity contribution in [1.29, 1.82) is 0 Å². The second-order valence-corrected chi connectivity index (χ2v) is 6.65. The third-order valence-corrected chi connectivity index (χ3v) is 4.53. The summed E-state index contributed by atoms with van der Waals surface area (Å²) in [5, 5.41) is 6.89. The van der Waals surface area contributed by atoms with Crippen LogP contribution in [0.1, 0.15) is 36.4 Å². The van der Waals surface area contributed by atoms with Crippen LogP contribution in [0, 0.1) is 18.3 Å². The second kappa shape index (κ2) is 6.04. The zero-order valence-electron chi connectivity index (χ0n) is 11.3. The number of aromatic nitrogens is 1. The van der Waals surface area contributed by atoms with E-state index in [4.69, 9.17) is 11.4 Å². The Labute approximate surface area is 119 Å². The molecule has 0 spiro atoms. The summed E-state index contributed by atoms with van der Waals surface area (Å²) in [5.41, 5.74) is 1.17. The number of hydrogen-bond donors (Lipinski definition) is 1. The minimum Gasteiger partial charge on any atom is -0.308 e. The van der Waals surface area contributed by atoms with E-state index in [-0.39, 0.29) is 0 Å². The number of thiazole rings is 1. The Morgan fingerprint density at radius 1 is 1.42 bits per heavy atom. The zero-order valence-corrected chi connectivity index (χ0v) is 12.1. The molecule has 4 heteroatoms. The van der Waals surface area contributed by atoms with Crippen LogP contribution in [0.2, 0.25) is 0 Å². The van der Waals surface area contributed by atoms with E-state index in [2.05, 4.69) is 21.5 Å². The fraction of sp³-hybridized carbons (Fsp3) is 0.667. The Hall–Kier alpha value is -0.890. The molecule has 2 saturated carbocycles. The van der Waals surface area contributed by atoms with E-state index >= 15 is 0 Å². The monoisotopic (exact) mass is 275 g/mol. The number of nitrogens with zero attached hydrogens (tertiary/aromatic N) is 2. The summed E-state index contributed by atoms with van der Waals surface area (Å²) in [6.07, 6.45) is 10.9. The van der Waals surface area contributed by atoms with Crippen LogP contribution in [0.5, 0.6) is 0 Å². The quantitative estimate of drug-likeness (QED) is 0.738. The van der Waals surface area contributed by atoms with E-state index in [1.54, 1.807) is 11.3 Å². The van der Waals surface area contributed by atoms with E-state index < -0.39 is 0 Å². The van der Waals surface area contributed by atoms with Crippen LogP contribution >= 0.6 is 11.3 Å². The normalized spacial score (nSPS) is 18.7. The Bertz CT molecular complexity index is 454. The van der Waals surface area contributed by atoms with E-state index in [0.29, 0.717) is 0 Å². The summed E-state index contributed by atoms with van der Waals surface area (Å²) in [4.78, 5) is 7.06. The molecule has 1 aromatic heterocycles. The maximum atomic E-state index is 5.45. The lowest BCUT2D eigenvalue weighted by molar-refractivity contribution is 0.283. The molecule has 102 valence electrons. The highest BCUT2D eigenvalue weighted by molar-refractivity contribution is 7.09. The third kappa shape index (κ3) is 4.31. The molecule has 3 nitrogen and oxygen atoms in total. The van der Waals surface area contributed by atoms with Crippen molar-refractivity contribution in [2.45, 2.75) is 44.8 Å². The highest BCUT2D eigenvalue weighted by Gasteiger charge is 2.24. The molecule has 0 bridgehead atoms. The summed E-state index contributed by atoms with van der Waals surface area (Å²) in [5.74, 6) is 3.64. The Morgan fingerprint density at radius 2 is 2.26 bits per heavy atom. The van der Waals surface area contributed by atoms with Gasteiger partial charge in [-0.05, 0) is 31.6 Å². The van der Waals surface area contributed by atoms with Crippen molar-refractivity contribution in [3.05, 3.63) is 16.1 Å². The van der Waals surface area contributed by atoms with Gasteiger partial charge >= 0.3 is 0 Å². The lowest BCUT2D eigenvalue weighted by Crippen LogP contribution is -2.26. The molecule has 2 aliphatic rings. The maximum Gasteiger partial charge on any atom is 0.107 e. The van der Waals surface area contributed by atoms with Crippen LogP contribution in [0.25, 0.3) is 0 Å². The fourth-order valence-corrected chi connectivity index (χ4v) is 2.97. The van der Waals surface area contributed by atoms with Crippen molar-refractivity contribution >= 4 is 11.3 Å². The minimum absolute atomic E-state index is 0.740. The fourth-order valence-electron chi connectivity index (χ4n) is 2.23. The van der Waals surface area contributed by atoms with Gasteiger partial charge in [0.1, 0.15) is 5.01 Å². The molecule has 0 unspecified atom stereocenters. The van der Waals surface area contributed by atoms with Crippen LogP contribution in [0.3, 0.4) is 0 Å². The number of hydrogen-bond acceptors (Lipinski definition) is 4. The molecule has 1 aromatic rings. The first-order chi connectivity index (χ1) is 9.33. The standard InChI is InChI=1S/C15H21N3S/c1-2-7-18(9-12-3-4-12)10-14-11-19-15(17-14)8-16-13-5-6-13/h1,11-13,16H,3-10H2. The van der Waals surface area contributed by atoms with Gasteiger partial charge in [-0.25, -0.2) is 4.98 Å². The topological polar surface area (TPSA) is 28.2 Å². The molecule has 0 amide bonds. The second-order valence-electron chi connectivity index (χ2n) is 5.70. The average Bonchev–Trinajstić information content (AvgIpc) is 3.30. The van der Waals surface area contributed by atoms with Gasteiger partial charge in [-0.3, -0.25) is 4.90 Å². The molecule has 1 heterocycles. The van der Waals surface area contributed by atoms with Crippen molar-refractivity contribution in [2.24, 2.45) is 5.92 Å². The van der Waals surface area contributed by atoms with Crippen molar-refractivity contribution in [2.75, 3.05) is 13.1 Å². The molecule has 3 rings (SSSR count). The Balaban J connectivity index is 1.50. The highest BCUT2D eigenvalue weighted by atomic mass is 32.1. The molecule has 0 aliphatic heterocycles. The average molecular weight is 275 g/mol. The van der Waals surface area contributed by atoms with Gasteiger partial charge < -0.3 is 5.32 Å². The third-order valence-electron chi connectivity index (χ3n) is 3.63. The molecular weight excluding hydrogens is 254 g/mol. The van der Waals surface area contributed by atoms with Gasteiger partial charge in [0.15, 0.2) is 0 Å². The Kier molecular flexibility index (Phi) is 4.17. The molecule has 2 aliphatic carbocycles. The first-order valence-electron chi connectivity index (χ1n) is 7.16. The molecule has 0 atom stereocenters. The van der Waals surface area contributed by atoms with Crippen molar-refractivity contribution < 1.29 is 0 Å². The van der Waals surface area contributed by atoms with Crippen molar-refractivity contribution in [1.82, 2.24) is 15.2 Å². The first kappa shape index (κ1) is 13.1. The summed E-state index contributed by atoms with van der Waals surface area (Å²) < 4.78 is 0. The first-order valence-corrected chi connectivity index (χ1v) is 8.04. The van der Waals surface area contributed by atoms with Crippen LogP contribution in [-0.2, 0) is 13.1 Å². The van der Waals surface area contributed by atoms with Gasteiger partial charge in [-0.1, -0.05) is 5.92 Å². The van der Waals surface area contributed by atoms with E-state index in [1.807, 2.05) is 0 Å². The minimum atomic E-state index is 0.740. The number of nitrogens with one attached hydrogen (secondary N) is 1. The molecule has 0 saturated heterocycles. The molecule has 1 N–H and O–H groups in total. The smallest absolute Gasteiger partial charge is 0.107 e. The van der Waals surface area contributed by atoms with Crippen molar-refractivity contribution in [3.63, 3.8) is 0 Å². The lowest BCUT2D eigenvalue weighted by Gasteiger charge is -2.17. The maximum absolute atomic E-state index is 5.45. The molecular formula is C15H21N3S. The van der Waals surface area contributed by atoms with Crippen molar-refractivity contribution in [3.8, 4) is 12.3 Å². The zero-order chi connectivity index (χ0) is 13.1. The van der Waals surface area contributed by atoms with Crippen LogP contribution in [0.4, 0.5) is 0 Å². The van der Waals surface area contributed by atoms with Gasteiger partial charge in [0.25, 0.3) is 0 Å².